The standard InChI is InChI=1S/C23H31N5O/c1-2-20-8-4-7-15-28(20)22(29)18-16-24-23(25-17-18)26-19-9-11-21(12-10-19)27-13-5-3-6-14-27/h9-12,16-17,20H,2-8,13-15H2,1H3,(H,24,25,26). The first-order valence-electron chi connectivity index (χ1n) is 11.0. The summed E-state index contributed by atoms with van der Waals surface area (Å²) in [5.41, 5.74) is 2.78. The second-order valence-corrected chi connectivity index (χ2v) is 8.07. The molecule has 0 radical (unpaired) electrons. The van der Waals surface area contributed by atoms with Gasteiger partial charge in [-0.05, 0) is 69.2 Å². The lowest BCUT2D eigenvalue weighted by Crippen LogP contribution is -2.43. The van der Waals surface area contributed by atoms with E-state index in [-0.39, 0.29) is 5.91 Å². The van der Waals surface area contributed by atoms with E-state index < -0.39 is 0 Å². The molecule has 2 saturated heterocycles. The number of anilines is 3. The number of rotatable bonds is 5. The molecule has 1 N–H and O–H groups in total. The third-order valence-corrected chi connectivity index (χ3v) is 6.10. The highest BCUT2D eigenvalue weighted by Crippen LogP contribution is 2.24. The quantitative estimate of drug-likeness (QED) is 0.803. The minimum Gasteiger partial charge on any atom is -0.372 e. The second-order valence-electron chi connectivity index (χ2n) is 8.07. The second kappa shape index (κ2) is 9.25. The monoisotopic (exact) mass is 393 g/mol. The largest absolute Gasteiger partial charge is 0.372 e. The van der Waals surface area contributed by atoms with Crippen LogP contribution in [-0.4, -0.2) is 46.5 Å². The third kappa shape index (κ3) is 4.69. The molecule has 1 atom stereocenters. The van der Waals surface area contributed by atoms with E-state index >= 15 is 0 Å². The van der Waals surface area contributed by atoms with Gasteiger partial charge in [-0.3, -0.25) is 4.79 Å². The van der Waals surface area contributed by atoms with E-state index in [9.17, 15) is 4.79 Å². The van der Waals surface area contributed by atoms with E-state index in [4.69, 9.17) is 0 Å². The molecule has 29 heavy (non-hydrogen) atoms. The molecule has 1 aromatic carbocycles. The highest BCUT2D eigenvalue weighted by Gasteiger charge is 2.26. The first-order valence-corrected chi connectivity index (χ1v) is 11.0. The highest BCUT2D eigenvalue weighted by atomic mass is 16.2. The van der Waals surface area contributed by atoms with Gasteiger partial charge in [0.15, 0.2) is 0 Å². The topological polar surface area (TPSA) is 61.4 Å². The number of hydrogen-bond donors (Lipinski definition) is 1. The van der Waals surface area contributed by atoms with Crippen LogP contribution in [0.3, 0.4) is 0 Å². The zero-order valence-corrected chi connectivity index (χ0v) is 17.3. The molecule has 1 unspecified atom stereocenters. The molecule has 1 amide bonds. The number of likely N-dealkylation sites (tertiary alicyclic amines) is 1. The van der Waals surface area contributed by atoms with Gasteiger partial charge in [-0.1, -0.05) is 6.92 Å². The number of amides is 1. The number of benzene rings is 1. The summed E-state index contributed by atoms with van der Waals surface area (Å²) >= 11 is 0. The molecule has 154 valence electrons. The number of carbonyl (C=O) groups excluding carboxylic acids is 1. The molecular weight excluding hydrogens is 362 g/mol. The molecule has 3 heterocycles. The lowest BCUT2D eigenvalue weighted by molar-refractivity contribution is 0.0607. The van der Waals surface area contributed by atoms with Crippen molar-refractivity contribution in [3.63, 3.8) is 0 Å². The molecule has 2 fully saturated rings. The normalized spacial score (nSPS) is 19.8. The van der Waals surface area contributed by atoms with E-state index in [0.717, 1.165) is 44.6 Å². The fourth-order valence-corrected chi connectivity index (χ4v) is 4.40. The van der Waals surface area contributed by atoms with Gasteiger partial charge in [-0.2, -0.15) is 0 Å². The van der Waals surface area contributed by atoms with E-state index in [2.05, 4.69) is 51.4 Å². The molecular formula is C23H31N5O. The van der Waals surface area contributed by atoms with Crippen LogP contribution in [-0.2, 0) is 0 Å². The SMILES string of the molecule is CCC1CCCCN1C(=O)c1cnc(Nc2ccc(N3CCCCC3)cc2)nc1. The van der Waals surface area contributed by atoms with Crippen molar-refractivity contribution in [1.29, 1.82) is 0 Å². The Labute approximate surface area is 173 Å². The maximum atomic E-state index is 12.8. The van der Waals surface area contributed by atoms with Gasteiger partial charge in [0.25, 0.3) is 5.91 Å². The first kappa shape index (κ1) is 19.7. The number of hydrogen-bond acceptors (Lipinski definition) is 5. The van der Waals surface area contributed by atoms with Crippen molar-refractivity contribution in [2.24, 2.45) is 0 Å². The Morgan fingerprint density at radius 3 is 2.38 bits per heavy atom. The van der Waals surface area contributed by atoms with Crippen LogP contribution in [0, 0.1) is 0 Å². The summed E-state index contributed by atoms with van der Waals surface area (Å²) in [4.78, 5) is 26.0. The Balaban J connectivity index is 1.38. The molecule has 0 spiro atoms. The minimum atomic E-state index is 0.0500. The van der Waals surface area contributed by atoms with Crippen LogP contribution in [0.5, 0.6) is 0 Å². The first-order chi connectivity index (χ1) is 14.2. The molecule has 0 aliphatic carbocycles. The Morgan fingerprint density at radius 2 is 1.69 bits per heavy atom. The lowest BCUT2D eigenvalue weighted by Gasteiger charge is -2.35. The highest BCUT2D eigenvalue weighted by molar-refractivity contribution is 5.94. The summed E-state index contributed by atoms with van der Waals surface area (Å²) in [7, 11) is 0. The summed E-state index contributed by atoms with van der Waals surface area (Å²) in [6, 6.07) is 8.75. The van der Waals surface area contributed by atoms with Crippen molar-refractivity contribution < 1.29 is 4.79 Å². The molecule has 6 heteroatoms. The maximum Gasteiger partial charge on any atom is 0.257 e. The van der Waals surface area contributed by atoms with Crippen molar-refractivity contribution in [2.45, 2.75) is 57.9 Å². The van der Waals surface area contributed by atoms with Gasteiger partial charge in [-0.25, -0.2) is 9.97 Å². The van der Waals surface area contributed by atoms with Gasteiger partial charge in [-0.15, -0.1) is 0 Å². The summed E-state index contributed by atoms with van der Waals surface area (Å²) in [6.07, 6.45) is 11.5. The third-order valence-electron chi connectivity index (χ3n) is 6.10. The van der Waals surface area contributed by atoms with Crippen molar-refractivity contribution in [3.8, 4) is 0 Å². The van der Waals surface area contributed by atoms with Gasteiger partial charge < -0.3 is 15.1 Å². The van der Waals surface area contributed by atoms with Gasteiger partial charge in [0.1, 0.15) is 0 Å². The van der Waals surface area contributed by atoms with Gasteiger partial charge >= 0.3 is 0 Å². The maximum absolute atomic E-state index is 12.8. The van der Waals surface area contributed by atoms with Gasteiger partial charge in [0, 0.05) is 49.4 Å². The zero-order valence-electron chi connectivity index (χ0n) is 17.3. The minimum absolute atomic E-state index is 0.0500. The van der Waals surface area contributed by atoms with Crippen molar-refractivity contribution in [1.82, 2.24) is 14.9 Å². The molecule has 2 aliphatic rings. The van der Waals surface area contributed by atoms with Crippen LogP contribution < -0.4 is 10.2 Å². The van der Waals surface area contributed by atoms with E-state index in [1.807, 2.05) is 4.90 Å². The van der Waals surface area contributed by atoms with E-state index in [0.29, 0.717) is 17.6 Å². The Kier molecular flexibility index (Phi) is 6.27. The van der Waals surface area contributed by atoms with Crippen LogP contribution in [0.25, 0.3) is 0 Å². The van der Waals surface area contributed by atoms with Crippen molar-refractivity contribution >= 4 is 23.2 Å². The average molecular weight is 394 g/mol. The molecule has 6 nitrogen and oxygen atoms in total. The van der Waals surface area contributed by atoms with Crippen molar-refractivity contribution in [2.75, 3.05) is 29.9 Å². The Hall–Kier alpha value is -2.63. The summed E-state index contributed by atoms with van der Waals surface area (Å²) < 4.78 is 0. The molecule has 0 bridgehead atoms. The van der Waals surface area contributed by atoms with E-state index in [1.165, 1.54) is 31.4 Å². The Bertz CT molecular complexity index is 799. The number of carbonyl (C=O) groups is 1. The van der Waals surface area contributed by atoms with Crippen LogP contribution in [0.2, 0.25) is 0 Å². The summed E-state index contributed by atoms with van der Waals surface area (Å²) in [5, 5.41) is 3.23. The summed E-state index contributed by atoms with van der Waals surface area (Å²) in [5.74, 6) is 0.562. The van der Waals surface area contributed by atoms with Crippen LogP contribution in [0.4, 0.5) is 17.3 Å². The predicted octanol–water partition coefficient (Wildman–Crippen LogP) is 4.62. The summed E-state index contributed by atoms with van der Waals surface area (Å²) in [6.45, 7) is 5.26. The van der Waals surface area contributed by atoms with Gasteiger partial charge in [0.2, 0.25) is 5.95 Å². The van der Waals surface area contributed by atoms with Gasteiger partial charge in [0.05, 0.1) is 5.56 Å². The van der Waals surface area contributed by atoms with Crippen LogP contribution in [0.1, 0.15) is 62.2 Å². The zero-order chi connectivity index (χ0) is 20.1. The van der Waals surface area contributed by atoms with Crippen LogP contribution in [0.15, 0.2) is 36.7 Å². The number of piperidine rings is 2. The predicted molar refractivity (Wildman–Crippen MR) is 117 cm³/mol. The number of nitrogens with zero attached hydrogens (tertiary/aromatic N) is 4. The fourth-order valence-electron chi connectivity index (χ4n) is 4.40. The smallest absolute Gasteiger partial charge is 0.257 e. The van der Waals surface area contributed by atoms with Crippen LogP contribution >= 0.6 is 0 Å². The molecule has 0 saturated carbocycles. The molecule has 4 rings (SSSR count). The molecule has 1 aromatic heterocycles. The molecule has 2 aromatic rings. The molecule has 2 aliphatic heterocycles. The lowest BCUT2D eigenvalue weighted by atomic mass is 9.99. The number of aromatic nitrogens is 2. The van der Waals surface area contributed by atoms with Crippen molar-refractivity contribution in [3.05, 3.63) is 42.2 Å². The van der Waals surface area contributed by atoms with E-state index in [1.54, 1.807) is 12.4 Å². The number of nitrogens with one attached hydrogen (secondary N) is 1. The Morgan fingerprint density at radius 1 is 1.00 bits per heavy atom. The fraction of sp³-hybridized carbons (Fsp3) is 0.522. The average Bonchev–Trinajstić information content (AvgIpc) is 2.80.